The van der Waals surface area contributed by atoms with Crippen LogP contribution in [0.25, 0.3) is 0 Å². The normalized spacial score (nSPS) is 17.8. The number of amides is 1. The van der Waals surface area contributed by atoms with E-state index in [1.807, 2.05) is 0 Å². The van der Waals surface area contributed by atoms with Crippen LogP contribution in [0.4, 0.5) is 4.39 Å². The lowest BCUT2D eigenvalue weighted by molar-refractivity contribution is -0.132. The first-order valence-corrected chi connectivity index (χ1v) is 7.79. The molecular weight excluding hydrogens is 323 g/mol. The van der Waals surface area contributed by atoms with Crippen molar-refractivity contribution in [3.63, 3.8) is 0 Å². The number of benzene rings is 1. The first-order valence-electron chi connectivity index (χ1n) is 7.00. The van der Waals surface area contributed by atoms with Crippen molar-refractivity contribution in [1.29, 1.82) is 0 Å². The second-order valence-corrected chi connectivity index (χ2v) is 6.32. The van der Waals surface area contributed by atoms with Crippen LogP contribution in [0.15, 0.2) is 22.7 Å². The van der Waals surface area contributed by atoms with Crippen LogP contribution < -0.4 is 11.1 Å². The third-order valence-electron chi connectivity index (χ3n) is 4.13. The van der Waals surface area contributed by atoms with Crippen molar-refractivity contribution in [2.45, 2.75) is 38.6 Å². The van der Waals surface area contributed by atoms with Crippen LogP contribution in [0.5, 0.6) is 0 Å². The van der Waals surface area contributed by atoms with E-state index < -0.39 is 5.41 Å². The van der Waals surface area contributed by atoms with E-state index in [4.69, 9.17) is 5.73 Å². The van der Waals surface area contributed by atoms with Gasteiger partial charge in [-0.2, -0.15) is 0 Å². The molecule has 1 fully saturated rings. The number of hydrogen-bond donors (Lipinski definition) is 2. The molecule has 1 aliphatic rings. The van der Waals surface area contributed by atoms with Crippen molar-refractivity contribution in [2.75, 3.05) is 6.54 Å². The molecule has 3 nitrogen and oxygen atoms in total. The Labute approximate surface area is 127 Å². The molecule has 0 aliphatic heterocycles. The van der Waals surface area contributed by atoms with Crippen LogP contribution in [0.1, 0.15) is 37.7 Å². The lowest BCUT2D eigenvalue weighted by Crippen LogP contribution is -2.46. The molecular formula is C15H20BrFN2O. The Morgan fingerprint density at radius 2 is 2.05 bits per heavy atom. The zero-order valence-electron chi connectivity index (χ0n) is 11.4. The number of nitrogens with two attached hydrogens (primary N) is 1. The highest BCUT2D eigenvalue weighted by atomic mass is 79.9. The molecule has 1 aromatic rings. The minimum atomic E-state index is -0.432. The number of hydrogen-bond acceptors (Lipinski definition) is 2. The maximum atomic E-state index is 13.2. The fraction of sp³-hybridized carbons (Fsp3) is 0.533. The molecule has 5 heteroatoms. The molecule has 0 aromatic heterocycles. The van der Waals surface area contributed by atoms with Crippen molar-refractivity contribution >= 4 is 21.8 Å². The van der Waals surface area contributed by atoms with Crippen LogP contribution in [0.2, 0.25) is 0 Å². The Bertz CT molecular complexity index is 487. The summed E-state index contributed by atoms with van der Waals surface area (Å²) in [6.07, 6.45) is 4.96. The second-order valence-electron chi connectivity index (χ2n) is 5.46. The molecule has 2 rings (SSSR count). The van der Waals surface area contributed by atoms with Crippen LogP contribution in [0, 0.1) is 11.2 Å². The second kappa shape index (κ2) is 6.68. The predicted octanol–water partition coefficient (Wildman–Crippen LogP) is 3.11. The summed E-state index contributed by atoms with van der Waals surface area (Å²) in [6.45, 7) is 0.697. The van der Waals surface area contributed by atoms with E-state index in [9.17, 15) is 9.18 Å². The number of rotatable bonds is 4. The van der Waals surface area contributed by atoms with Gasteiger partial charge in [0.15, 0.2) is 0 Å². The van der Waals surface area contributed by atoms with Crippen LogP contribution >= 0.6 is 15.9 Å². The molecule has 1 amide bonds. The van der Waals surface area contributed by atoms with E-state index in [0.29, 0.717) is 13.1 Å². The molecule has 0 saturated heterocycles. The maximum Gasteiger partial charge on any atom is 0.227 e. The molecule has 0 unspecified atom stereocenters. The molecule has 0 bridgehead atoms. The Morgan fingerprint density at radius 3 is 2.70 bits per heavy atom. The molecule has 0 atom stereocenters. The topological polar surface area (TPSA) is 55.1 Å². The summed E-state index contributed by atoms with van der Waals surface area (Å²) in [4.78, 5) is 12.4. The molecule has 3 N–H and O–H groups in total. The highest BCUT2D eigenvalue weighted by Gasteiger charge is 2.37. The van der Waals surface area contributed by atoms with Gasteiger partial charge in [0.2, 0.25) is 5.91 Å². The van der Waals surface area contributed by atoms with E-state index in [-0.39, 0.29) is 11.7 Å². The van der Waals surface area contributed by atoms with Gasteiger partial charge in [0.05, 0.1) is 5.41 Å². The minimum Gasteiger partial charge on any atom is -0.351 e. The zero-order chi connectivity index (χ0) is 14.6. The summed E-state index contributed by atoms with van der Waals surface area (Å²) in [5, 5.41) is 2.91. The van der Waals surface area contributed by atoms with Gasteiger partial charge in [-0.1, -0.05) is 35.2 Å². The standard InChI is InChI=1S/C15H20BrFN2O/c16-13-5-4-12(17)8-11(13)9-19-14(20)15(10-18)6-2-1-3-7-15/h4-5,8H,1-3,6-7,9-10,18H2,(H,19,20). The Kier molecular flexibility index (Phi) is 5.16. The van der Waals surface area contributed by atoms with Gasteiger partial charge in [0.25, 0.3) is 0 Å². The third kappa shape index (κ3) is 3.38. The number of carbonyl (C=O) groups excluding carboxylic acids is 1. The predicted molar refractivity (Wildman–Crippen MR) is 80.5 cm³/mol. The van der Waals surface area contributed by atoms with Gasteiger partial charge < -0.3 is 11.1 Å². The Balaban J connectivity index is 2.02. The number of nitrogens with one attached hydrogen (secondary N) is 1. The maximum absolute atomic E-state index is 13.2. The summed E-state index contributed by atoms with van der Waals surface area (Å²) >= 11 is 3.36. The lowest BCUT2D eigenvalue weighted by Gasteiger charge is -2.34. The summed E-state index contributed by atoms with van der Waals surface area (Å²) in [7, 11) is 0. The molecule has 20 heavy (non-hydrogen) atoms. The smallest absolute Gasteiger partial charge is 0.227 e. The van der Waals surface area contributed by atoms with Gasteiger partial charge in [-0.3, -0.25) is 4.79 Å². The van der Waals surface area contributed by atoms with Crippen LogP contribution in [-0.2, 0) is 11.3 Å². The summed E-state index contributed by atoms with van der Waals surface area (Å²) in [6, 6.07) is 4.47. The van der Waals surface area contributed by atoms with E-state index in [2.05, 4.69) is 21.2 Å². The fourth-order valence-electron chi connectivity index (χ4n) is 2.79. The van der Waals surface area contributed by atoms with Gasteiger partial charge in [-0.25, -0.2) is 4.39 Å². The highest BCUT2D eigenvalue weighted by Crippen LogP contribution is 2.35. The third-order valence-corrected chi connectivity index (χ3v) is 4.90. The van der Waals surface area contributed by atoms with Gasteiger partial charge in [0, 0.05) is 17.6 Å². The summed E-state index contributed by atoms with van der Waals surface area (Å²) in [5.41, 5.74) is 6.14. The van der Waals surface area contributed by atoms with E-state index >= 15 is 0 Å². The van der Waals surface area contributed by atoms with Gasteiger partial charge in [-0.15, -0.1) is 0 Å². The Morgan fingerprint density at radius 1 is 1.35 bits per heavy atom. The highest BCUT2D eigenvalue weighted by molar-refractivity contribution is 9.10. The Hall–Kier alpha value is -0.940. The molecule has 0 radical (unpaired) electrons. The average molecular weight is 343 g/mol. The van der Waals surface area contributed by atoms with Gasteiger partial charge in [-0.05, 0) is 36.6 Å². The fourth-order valence-corrected chi connectivity index (χ4v) is 3.18. The summed E-state index contributed by atoms with van der Waals surface area (Å²) in [5.74, 6) is -0.306. The SMILES string of the molecule is NCC1(C(=O)NCc2cc(F)ccc2Br)CCCCC1. The minimum absolute atomic E-state index is 0.00383. The number of carbonyl (C=O) groups is 1. The zero-order valence-corrected chi connectivity index (χ0v) is 13.0. The first-order chi connectivity index (χ1) is 9.57. The van der Waals surface area contributed by atoms with E-state index in [0.717, 1.165) is 35.7 Å². The van der Waals surface area contributed by atoms with Crippen molar-refractivity contribution in [3.8, 4) is 0 Å². The quantitative estimate of drug-likeness (QED) is 0.883. The van der Waals surface area contributed by atoms with Gasteiger partial charge in [0.1, 0.15) is 5.82 Å². The van der Waals surface area contributed by atoms with Crippen molar-refractivity contribution in [2.24, 2.45) is 11.1 Å². The van der Waals surface area contributed by atoms with Crippen LogP contribution in [-0.4, -0.2) is 12.5 Å². The van der Waals surface area contributed by atoms with Crippen molar-refractivity contribution < 1.29 is 9.18 Å². The summed E-state index contributed by atoms with van der Waals surface area (Å²) < 4.78 is 14.0. The van der Waals surface area contributed by atoms with Crippen molar-refractivity contribution in [3.05, 3.63) is 34.1 Å². The number of halogens is 2. The molecule has 0 spiro atoms. The lowest BCUT2D eigenvalue weighted by atomic mass is 9.73. The van der Waals surface area contributed by atoms with Crippen LogP contribution in [0.3, 0.4) is 0 Å². The largest absolute Gasteiger partial charge is 0.351 e. The molecule has 1 saturated carbocycles. The van der Waals surface area contributed by atoms with Gasteiger partial charge >= 0.3 is 0 Å². The van der Waals surface area contributed by atoms with E-state index in [1.165, 1.54) is 18.6 Å². The first kappa shape index (κ1) is 15.4. The monoisotopic (exact) mass is 342 g/mol. The molecule has 1 aliphatic carbocycles. The molecule has 0 heterocycles. The molecule has 1 aromatic carbocycles. The average Bonchev–Trinajstić information content (AvgIpc) is 2.48. The van der Waals surface area contributed by atoms with E-state index in [1.54, 1.807) is 6.07 Å². The molecule has 110 valence electrons. The van der Waals surface area contributed by atoms with Crippen molar-refractivity contribution in [1.82, 2.24) is 5.32 Å².